The Kier molecular flexibility index (Phi) is 3.40. The molecule has 4 heteroatoms. The molecule has 0 radical (unpaired) electrons. The molecule has 3 N–H and O–H groups in total. The van der Waals surface area contributed by atoms with Crippen molar-refractivity contribution in [2.75, 3.05) is 13.3 Å². The summed E-state index contributed by atoms with van der Waals surface area (Å²) in [7, 11) is 0. The molecule has 2 rings (SSSR count). The topological polar surface area (TPSA) is 28.5 Å². The third kappa shape index (κ3) is 2.86. The highest BCUT2D eigenvalue weighted by molar-refractivity contribution is 7.80. The largest absolute Gasteiger partial charge is 0.316 e. The zero-order chi connectivity index (χ0) is 11.8. The fourth-order valence-corrected chi connectivity index (χ4v) is 3.60. The molecule has 2 atom stereocenters. The van der Waals surface area contributed by atoms with Crippen LogP contribution in [-0.2, 0) is 0 Å². The average molecular weight is 242 g/mol. The molecular weight excluding hydrogens is 218 g/mol. The number of nitrogens with one attached hydrogen (secondary N) is 3. The van der Waals surface area contributed by atoms with Gasteiger partial charge in [-0.25, -0.2) is 0 Å². The second-order valence-corrected chi connectivity index (χ2v) is 6.71. The maximum atomic E-state index is 5.09. The van der Waals surface area contributed by atoms with Crippen LogP contribution in [0.4, 0.5) is 0 Å². The van der Waals surface area contributed by atoms with Gasteiger partial charge in [-0.1, -0.05) is 20.8 Å². The van der Waals surface area contributed by atoms with E-state index in [1.54, 1.807) is 4.90 Å². The summed E-state index contributed by atoms with van der Waals surface area (Å²) in [6.07, 6.45) is 4.06. The molecule has 1 saturated carbocycles. The van der Waals surface area contributed by atoms with Gasteiger partial charge in [0, 0.05) is 12.8 Å². The number of quaternary nitrogens is 1. The third-order valence-electron chi connectivity index (χ3n) is 3.92. The van der Waals surface area contributed by atoms with Gasteiger partial charge in [0.15, 0.2) is 18.4 Å². The molecule has 0 unspecified atom stereocenters. The molecule has 2 fully saturated rings. The van der Waals surface area contributed by atoms with Gasteiger partial charge in [0.1, 0.15) is 0 Å². The normalized spacial score (nSPS) is 35.3. The lowest BCUT2D eigenvalue weighted by Gasteiger charge is -2.43. The van der Waals surface area contributed by atoms with E-state index in [1.165, 1.54) is 19.3 Å². The first-order valence-electron chi connectivity index (χ1n) is 6.32. The van der Waals surface area contributed by atoms with Gasteiger partial charge in [0.2, 0.25) is 0 Å². The second kappa shape index (κ2) is 4.49. The molecule has 1 aliphatic carbocycles. The fourth-order valence-electron chi connectivity index (χ4n) is 3.46. The summed E-state index contributed by atoms with van der Waals surface area (Å²) in [4.78, 5) is 1.62. The molecule has 3 nitrogen and oxygen atoms in total. The van der Waals surface area contributed by atoms with Gasteiger partial charge in [-0.3, -0.25) is 4.90 Å². The summed E-state index contributed by atoms with van der Waals surface area (Å²) in [5.74, 6) is 0.857. The molecule has 1 saturated heterocycles. The molecular formula is C12H24N3S+. The quantitative estimate of drug-likeness (QED) is 0.584. The zero-order valence-corrected chi connectivity index (χ0v) is 11.4. The van der Waals surface area contributed by atoms with Crippen LogP contribution < -0.4 is 15.5 Å². The lowest BCUT2D eigenvalue weighted by molar-refractivity contribution is -0.934. The van der Waals surface area contributed by atoms with Crippen molar-refractivity contribution in [3.8, 4) is 0 Å². The van der Waals surface area contributed by atoms with Gasteiger partial charge in [-0.2, -0.15) is 0 Å². The van der Waals surface area contributed by atoms with E-state index >= 15 is 0 Å². The molecule has 16 heavy (non-hydrogen) atoms. The Labute approximate surface area is 104 Å². The Balaban J connectivity index is 1.96. The van der Waals surface area contributed by atoms with Crippen molar-refractivity contribution >= 4 is 17.3 Å². The zero-order valence-electron chi connectivity index (χ0n) is 10.6. The maximum Gasteiger partial charge on any atom is 0.174 e. The van der Waals surface area contributed by atoms with Crippen molar-refractivity contribution in [1.29, 1.82) is 0 Å². The smallest absolute Gasteiger partial charge is 0.174 e. The number of rotatable bonds is 1. The molecule has 0 spiro atoms. The molecule has 0 aromatic heterocycles. The van der Waals surface area contributed by atoms with Gasteiger partial charge >= 0.3 is 0 Å². The Morgan fingerprint density at radius 3 is 2.44 bits per heavy atom. The lowest BCUT2D eigenvalue weighted by Crippen LogP contribution is -3.20. The van der Waals surface area contributed by atoms with Crippen LogP contribution in [-0.4, -0.2) is 24.5 Å². The van der Waals surface area contributed by atoms with E-state index in [0.29, 0.717) is 5.41 Å². The standard InChI is InChI=1S/C12H23N3S/c1-9-4-10(6-12(2,3)5-9)15-7-13-11(16)14-8-15/h9-10H,4-8H2,1-3H3,(H2,13,14,16)/p+1/t9-,10+/m1/s1. The van der Waals surface area contributed by atoms with E-state index < -0.39 is 0 Å². The Bertz CT molecular complexity index is 267. The van der Waals surface area contributed by atoms with Crippen LogP contribution >= 0.6 is 12.2 Å². The van der Waals surface area contributed by atoms with Crippen molar-refractivity contribution in [1.82, 2.24) is 10.6 Å². The number of thiocarbonyl (C=S) groups is 1. The fraction of sp³-hybridized carbons (Fsp3) is 0.917. The molecule has 1 aliphatic heterocycles. The first-order valence-corrected chi connectivity index (χ1v) is 6.73. The summed E-state index contributed by atoms with van der Waals surface area (Å²) in [6.45, 7) is 9.18. The first kappa shape index (κ1) is 12.1. The van der Waals surface area contributed by atoms with E-state index in [1.807, 2.05) is 0 Å². The van der Waals surface area contributed by atoms with Crippen molar-refractivity contribution in [2.24, 2.45) is 11.3 Å². The van der Waals surface area contributed by atoms with Gasteiger partial charge in [0.05, 0.1) is 6.04 Å². The van der Waals surface area contributed by atoms with Gasteiger partial charge in [0.25, 0.3) is 0 Å². The van der Waals surface area contributed by atoms with Crippen LogP contribution in [0, 0.1) is 11.3 Å². The lowest BCUT2D eigenvalue weighted by atomic mass is 9.70. The highest BCUT2D eigenvalue weighted by Gasteiger charge is 2.37. The molecule has 0 aromatic rings. The molecule has 92 valence electrons. The van der Waals surface area contributed by atoms with E-state index in [9.17, 15) is 0 Å². The van der Waals surface area contributed by atoms with Crippen LogP contribution in [0.3, 0.4) is 0 Å². The van der Waals surface area contributed by atoms with Gasteiger partial charge < -0.3 is 10.6 Å². The monoisotopic (exact) mass is 242 g/mol. The summed E-state index contributed by atoms with van der Waals surface area (Å²) in [5, 5.41) is 7.32. The molecule has 2 aliphatic rings. The second-order valence-electron chi connectivity index (χ2n) is 6.30. The van der Waals surface area contributed by atoms with Crippen LogP contribution in [0.2, 0.25) is 0 Å². The number of hydrogen-bond donors (Lipinski definition) is 3. The average Bonchev–Trinajstić information content (AvgIpc) is 2.15. The predicted octanol–water partition coefficient (Wildman–Crippen LogP) is 0.479. The van der Waals surface area contributed by atoms with Crippen LogP contribution in [0.25, 0.3) is 0 Å². The molecule has 0 amide bonds. The minimum atomic E-state index is 0.507. The van der Waals surface area contributed by atoms with Crippen LogP contribution in [0.1, 0.15) is 40.0 Å². The number of hydrogen-bond acceptors (Lipinski definition) is 1. The van der Waals surface area contributed by atoms with E-state index in [4.69, 9.17) is 12.2 Å². The van der Waals surface area contributed by atoms with Crippen LogP contribution in [0.5, 0.6) is 0 Å². The molecule has 1 heterocycles. The van der Waals surface area contributed by atoms with E-state index in [0.717, 1.165) is 30.4 Å². The summed E-state index contributed by atoms with van der Waals surface area (Å²) < 4.78 is 0. The third-order valence-corrected chi connectivity index (χ3v) is 4.20. The van der Waals surface area contributed by atoms with Crippen LogP contribution in [0.15, 0.2) is 0 Å². The Morgan fingerprint density at radius 1 is 1.25 bits per heavy atom. The SMILES string of the molecule is C[C@@H]1C[C@H]([NH+]2CNC(=S)NC2)CC(C)(C)C1. The highest BCUT2D eigenvalue weighted by Crippen LogP contribution is 2.37. The van der Waals surface area contributed by atoms with E-state index in [-0.39, 0.29) is 0 Å². The van der Waals surface area contributed by atoms with Gasteiger partial charge in [-0.15, -0.1) is 0 Å². The summed E-state index contributed by atoms with van der Waals surface area (Å²) in [5.41, 5.74) is 0.507. The predicted molar refractivity (Wildman–Crippen MR) is 70.2 cm³/mol. The van der Waals surface area contributed by atoms with Gasteiger partial charge in [-0.05, 0) is 30.0 Å². The van der Waals surface area contributed by atoms with Crippen molar-refractivity contribution < 1.29 is 4.90 Å². The van der Waals surface area contributed by atoms with Crippen molar-refractivity contribution in [3.05, 3.63) is 0 Å². The van der Waals surface area contributed by atoms with Crippen molar-refractivity contribution in [3.63, 3.8) is 0 Å². The molecule has 0 aromatic carbocycles. The Hall–Kier alpha value is -0.350. The summed E-state index contributed by atoms with van der Waals surface area (Å²) >= 11 is 5.09. The minimum Gasteiger partial charge on any atom is -0.316 e. The Morgan fingerprint density at radius 2 is 1.88 bits per heavy atom. The highest BCUT2D eigenvalue weighted by atomic mass is 32.1. The minimum absolute atomic E-state index is 0.507. The maximum absolute atomic E-state index is 5.09. The van der Waals surface area contributed by atoms with E-state index in [2.05, 4.69) is 31.4 Å². The van der Waals surface area contributed by atoms with Crippen molar-refractivity contribution in [2.45, 2.75) is 46.1 Å². The molecule has 0 bridgehead atoms. The first-order chi connectivity index (χ1) is 7.46. The summed E-state index contributed by atoms with van der Waals surface area (Å²) in [6, 6.07) is 0.779.